The number of methoxy groups -OCH3 is 1. The molecule has 0 bridgehead atoms. The van der Waals surface area contributed by atoms with E-state index in [1.165, 1.54) is 18.1 Å². The molecule has 0 aliphatic heterocycles. The number of nitrogens with one attached hydrogen (secondary N) is 1. The lowest BCUT2D eigenvalue weighted by atomic mass is 10.3. The van der Waals surface area contributed by atoms with Gasteiger partial charge in [-0.1, -0.05) is 49.1 Å². The molecule has 3 aromatic rings. The van der Waals surface area contributed by atoms with Gasteiger partial charge < -0.3 is 15.0 Å². The van der Waals surface area contributed by atoms with Gasteiger partial charge in [-0.3, -0.25) is 4.79 Å². The van der Waals surface area contributed by atoms with E-state index in [1.54, 1.807) is 18.4 Å². The van der Waals surface area contributed by atoms with Gasteiger partial charge in [-0.25, -0.2) is 9.97 Å². The van der Waals surface area contributed by atoms with Gasteiger partial charge >= 0.3 is 0 Å². The normalized spacial score (nSPS) is 10.9. The Kier molecular flexibility index (Phi) is 7.65. The second-order valence-electron chi connectivity index (χ2n) is 6.35. The molecule has 0 radical (unpaired) electrons. The van der Waals surface area contributed by atoms with Gasteiger partial charge in [0.05, 0.1) is 18.6 Å². The Bertz CT molecular complexity index is 957. The van der Waals surface area contributed by atoms with Crippen molar-refractivity contribution in [1.29, 1.82) is 0 Å². The van der Waals surface area contributed by atoms with Crippen molar-refractivity contribution in [1.82, 2.24) is 15.0 Å². The fraction of sp³-hybridized carbons (Fsp3) is 0.400. The second-order valence-corrected chi connectivity index (χ2v) is 8.29. The third-order valence-electron chi connectivity index (χ3n) is 4.13. The van der Waals surface area contributed by atoms with Gasteiger partial charge in [-0.2, -0.15) is 4.98 Å². The first-order chi connectivity index (χ1) is 14.2. The Balaban J connectivity index is 1.72. The molecule has 0 spiro atoms. The van der Waals surface area contributed by atoms with Crippen LogP contribution in [0.15, 0.2) is 35.6 Å². The summed E-state index contributed by atoms with van der Waals surface area (Å²) in [5.74, 6) is 0.759. The second kappa shape index (κ2) is 10.4. The molecule has 0 unspecified atom stereocenters. The predicted octanol–water partition coefficient (Wildman–Crippen LogP) is 4.45. The summed E-state index contributed by atoms with van der Waals surface area (Å²) in [6, 6.07) is 7.35. The van der Waals surface area contributed by atoms with Crippen LogP contribution in [-0.4, -0.2) is 46.8 Å². The van der Waals surface area contributed by atoms with Crippen molar-refractivity contribution in [2.45, 2.75) is 31.7 Å². The zero-order chi connectivity index (χ0) is 20.6. The maximum absolute atomic E-state index is 12.4. The predicted molar refractivity (Wildman–Crippen MR) is 120 cm³/mol. The number of amides is 1. The Labute approximate surface area is 178 Å². The van der Waals surface area contributed by atoms with Crippen LogP contribution >= 0.6 is 23.1 Å². The Hall–Kier alpha value is -2.39. The average molecular weight is 432 g/mol. The lowest BCUT2D eigenvalue weighted by Gasteiger charge is -2.19. The molecule has 0 saturated heterocycles. The van der Waals surface area contributed by atoms with E-state index in [0.717, 1.165) is 40.8 Å². The summed E-state index contributed by atoms with van der Waals surface area (Å²) in [6.07, 6.45) is 3.63. The van der Waals surface area contributed by atoms with Crippen LogP contribution in [0.25, 0.3) is 10.3 Å². The molecule has 1 amide bonds. The molecule has 0 fully saturated rings. The number of thiazole rings is 1. The van der Waals surface area contributed by atoms with Crippen LogP contribution in [0.3, 0.4) is 0 Å². The summed E-state index contributed by atoms with van der Waals surface area (Å²) in [6.45, 7) is 6.25. The number of anilines is 2. The molecule has 7 nitrogen and oxygen atoms in total. The van der Waals surface area contributed by atoms with E-state index in [0.29, 0.717) is 17.1 Å². The first-order valence-corrected chi connectivity index (χ1v) is 11.4. The van der Waals surface area contributed by atoms with Crippen LogP contribution in [0.2, 0.25) is 0 Å². The van der Waals surface area contributed by atoms with E-state index >= 15 is 0 Å². The molecule has 2 aromatic heterocycles. The number of hydrogen-bond donors (Lipinski definition) is 1. The number of carbonyl (C=O) groups is 1. The van der Waals surface area contributed by atoms with Crippen LogP contribution in [0.5, 0.6) is 5.75 Å². The summed E-state index contributed by atoms with van der Waals surface area (Å²) in [5.41, 5.74) is 1.34. The number of hydrogen-bond acceptors (Lipinski definition) is 8. The van der Waals surface area contributed by atoms with E-state index in [-0.39, 0.29) is 11.7 Å². The standard InChI is InChI=1S/C20H25N5O2S2/c1-4-10-25(11-5-2)20-24-18-17(29-20)19(22-13-21-18)28-12-16(26)23-14-8-6-7-9-15(14)27-3/h6-9,13H,4-5,10-12H2,1-3H3,(H,23,26). The minimum Gasteiger partial charge on any atom is -0.495 e. The summed E-state index contributed by atoms with van der Waals surface area (Å²) < 4.78 is 6.20. The van der Waals surface area contributed by atoms with Gasteiger partial charge in [0.25, 0.3) is 0 Å². The number of rotatable bonds is 10. The molecule has 154 valence electrons. The molecule has 9 heteroatoms. The highest BCUT2D eigenvalue weighted by atomic mass is 32.2. The lowest BCUT2D eigenvalue weighted by Crippen LogP contribution is -2.24. The molecule has 0 saturated carbocycles. The van der Waals surface area contributed by atoms with Crippen molar-refractivity contribution < 1.29 is 9.53 Å². The van der Waals surface area contributed by atoms with Crippen molar-refractivity contribution in [2.75, 3.05) is 36.2 Å². The number of nitrogens with zero attached hydrogens (tertiary/aromatic N) is 4. The van der Waals surface area contributed by atoms with Crippen molar-refractivity contribution in [3.63, 3.8) is 0 Å². The molecule has 1 aromatic carbocycles. The quantitative estimate of drug-likeness (QED) is 0.375. The molecule has 29 heavy (non-hydrogen) atoms. The number of ether oxygens (including phenoxy) is 1. The zero-order valence-electron chi connectivity index (χ0n) is 16.8. The molecule has 0 aliphatic rings. The maximum Gasteiger partial charge on any atom is 0.234 e. The molecular weight excluding hydrogens is 406 g/mol. The van der Waals surface area contributed by atoms with E-state index in [1.807, 2.05) is 24.3 Å². The fourth-order valence-electron chi connectivity index (χ4n) is 2.87. The number of fused-ring (bicyclic) bond motifs is 1. The van der Waals surface area contributed by atoms with Gasteiger partial charge in [0.1, 0.15) is 21.8 Å². The Morgan fingerprint density at radius 1 is 1.21 bits per heavy atom. The van der Waals surface area contributed by atoms with E-state index < -0.39 is 0 Å². The summed E-state index contributed by atoms with van der Waals surface area (Å²) in [5, 5.41) is 4.63. The lowest BCUT2D eigenvalue weighted by molar-refractivity contribution is -0.113. The third kappa shape index (κ3) is 5.36. The SMILES string of the molecule is CCCN(CCC)c1nc2ncnc(SCC(=O)Nc3ccccc3OC)c2s1. The average Bonchev–Trinajstić information content (AvgIpc) is 3.17. The van der Waals surface area contributed by atoms with Gasteiger partial charge in [0.15, 0.2) is 10.8 Å². The van der Waals surface area contributed by atoms with Crippen LogP contribution < -0.4 is 15.0 Å². The van der Waals surface area contributed by atoms with Crippen molar-refractivity contribution >= 4 is 50.2 Å². The molecule has 1 N–H and O–H groups in total. The van der Waals surface area contributed by atoms with E-state index in [9.17, 15) is 4.79 Å². The largest absolute Gasteiger partial charge is 0.495 e. The first kappa shape index (κ1) is 21.3. The van der Waals surface area contributed by atoms with Gasteiger partial charge in [-0.05, 0) is 25.0 Å². The number of para-hydroxylation sites is 2. The highest BCUT2D eigenvalue weighted by molar-refractivity contribution is 8.00. The number of thioether (sulfide) groups is 1. The molecule has 3 rings (SSSR count). The van der Waals surface area contributed by atoms with Gasteiger partial charge in [0.2, 0.25) is 5.91 Å². The fourth-order valence-corrected chi connectivity index (χ4v) is 4.81. The summed E-state index contributed by atoms with van der Waals surface area (Å²) >= 11 is 2.98. The van der Waals surface area contributed by atoms with Crippen LogP contribution in [0, 0.1) is 0 Å². The van der Waals surface area contributed by atoms with E-state index in [2.05, 4.69) is 34.0 Å². The van der Waals surface area contributed by atoms with Gasteiger partial charge in [-0.15, -0.1) is 0 Å². The Morgan fingerprint density at radius 3 is 2.69 bits per heavy atom. The first-order valence-electron chi connectivity index (χ1n) is 9.58. The van der Waals surface area contributed by atoms with Gasteiger partial charge in [0, 0.05) is 13.1 Å². The topological polar surface area (TPSA) is 80.2 Å². The van der Waals surface area contributed by atoms with Crippen molar-refractivity contribution in [3.05, 3.63) is 30.6 Å². The highest BCUT2D eigenvalue weighted by Crippen LogP contribution is 2.34. The minimum atomic E-state index is -0.116. The van der Waals surface area contributed by atoms with Crippen molar-refractivity contribution in [2.24, 2.45) is 0 Å². The molecular formula is C20H25N5O2S2. The molecule has 2 heterocycles. The monoisotopic (exact) mass is 431 g/mol. The smallest absolute Gasteiger partial charge is 0.234 e. The van der Waals surface area contributed by atoms with E-state index in [4.69, 9.17) is 9.72 Å². The van der Waals surface area contributed by atoms with Crippen LogP contribution in [0.4, 0.5) is 10.8 Å². The van der Waals surface area contributed by atoms with Crippen LogP contribution in [-0.2, 0) is 4.79 Å². The Morgan fingerprint density at radius 2 is 1.97 bits per heavy atom. The molecule has 0 atom stereocenters. The maximum atomic E-state index is 12.4. The molecule has 0 aliphatic carbocycles. The number of benzene rings is 1. The minimum absolute atomic E-state index is 0.116. The summed E-state index contributed by atoms with van der Waals surface area (Å²) in [4.78, 5) is 28.1. The van der Waals surface area contributed by atoms with Crippen LogP contribution in [0.1, 0.15) is 26.7 Å². The number of carbonyl (C=O) groups excluding carboxylic acids is 1. The third-order valence-corrected chi connectivity index (χ3v) is 6.36. The summed E-state index contributed by atoms with van der Waals surface area (Å²) in [7, 11) is 1.58. The highest BCUT2D eigenvalue weighted by Gasteiger charge is 2.16. The number of aromatic nitrogens is 3. The zero-order valence-corrected chi connectivity index (χ0v) is 18.5. The van der Waals surface area contributed by atoms with Crippen molar-refractivity contribution in [3.8, 4) is 5.75 Å².